The van der Waals surface area contributed by atoms with E-state index in [-0.39, 0.29) is 0 Å². The van der Waals surface area contributed by atoms with E-state index in [0.717, 1.165) is 23.6 Å². The van der Waals surface area contributed by atoms with Gasteiger partial charge in [0, 0.05) is 11.8 Å². The molecule has 0 aliphatic heterocycles. The first-order valence-electron chi connectivity index (χ1n) is 6.01. The second-order valence-corrected chi connectivity index (χ2v) is 9.35. The van der Waals surface area contributed by atoms with Crippen LogP contribution in [0.2, 0.25) is 0 Å². The van der Waals surface area contributed by atoms with Gasteiger partial charge in [-0.3, -0.25) is 0 Å². The van der Waals surface area contributed by atoms with E-state index in [0.29, 0.717) is 10.8 Å². The van der Waals surface area contributed by atoms with E-state index in [9.17, 15) is 0 Å². The molecule has 16 heavy (non-hydrogen) atoms. The summed E-state index contributed by atoms with van der Waals surface area (Å²) < 4.78 is -1.07. The van der Waals surface area contributed by atoms with Crippen LogP contribution in [0.1, 0.15) is 38.5 Å². The molecule has 4 bridgehead atoms. The number of hydrogen-bond donors (Lipinski definition) is 0. The maximum atomic E-state index is 6.07. The zero-order valence-corrected chi connectivity index (χ0v) is 13.0. The summed E-state index contributed by atoms with van der Waals surface area (Å²) in [5, 5.41) is 1.09. The molecule has 0 saturated heterocycles. The summed E-state index contributed by atoms with van der Waals surface area (Å²) in [4.78, 5) is 0. The third kappa shape index (κ3) is 1.68. The smallest absolute Gasteiger partial charge is 0.0922 e. The molecule has 2 atom stereocenters. The van der Waals surface area contributed by atoms with Crippen molar-refractivity contribution in [3.8, 4) is 0 Å². The second-order valence-electron chi connectivity index (χ2n) is 6.27. The first-order chi connectivity index (χ1) is 7.38. The van der Waals surface area contributed by atoms with Crippen molar-refractivity contribution in [2.24, 2.45) is 22.7 Å². The van der Waals surface area contributed by atoms with Gasteiger partial charge in [0.2, 0.25) is 0 Å². The van der Waals surface area contributed by atoms with E-state index in [1.54, 1.807) is 0 Å². The van der Waals surface area contributed by atoms with Crippen LogP contribution in [0.25, 0.3) is 0 Å². The fourth-order valence-corrected chi connectivity index (χ4v) is 6.98. The van der Waals surface area contributed by atoms with Crippen LogP contribution < -0.4 is 0 Å². The van der Waals surface area contributed by atoms with Crippen LogP contribution in [-0.4, -0.2) is 9.12 Å². The molecular formula is C12H16BrCl3. The van der Waals surface area contributed by atoms with Gasteiger partial charge >= 0.3 is 0 Å². The van der Waals surface area contributed by atoms with Crippen molar-refractivity contribution in [1.82, 2.24) is 0 Å². The average molecular weight is 347 g/mol. The van der Waals surface area contributed by atoms with Crippen LogP contribution in [0, 0.1) is 22.7 Å². The molecule has 0 N–H and O–H groups in total. The summed E-state index contributed by atoms with van der Waals surface area (Å²) in [5.41, 5.74) is 0.750. The number of rotatable bonds is 2. The Hall–Kier alpha value is 1.35. The van der Waals surface area contributed by atoms with Gasteiger partial charge in [-0.2, -0.15) is 0 Å². The molecule has 0 aromatic rings. The van der Waals surface area contributed by atoms with Gasteiger partial charge in [-0.1, -0.05) is 50.7 Å². The SMILES string of the molecule is ClC(Cl)(Cl)CC12CC3CC(CC1(CBr)C3)C2. The van der Waals surface area contributed by atoms with Crippen LogP contribution >= 0.6 is 50.7 Å². The maximum Gasteiger partial charge on any atom is 0.191 e. The quantitative estimate of drug-likeness (QED) is 0.592. The van der Waals surface area contributed by atoms with Crippen LogP contribution in [0.15, 0.2) is 0 Å². The first-order valence-corrected chi connectivity index (χ1v) is 8.26. The van der Waals surface area contributed by atoms with Gasteiger partial charge in [0.15, 0.2) is 3.79 Å². The van der Waals surface area contributed by atoms with E-state index < -0.39 is 3.79 Å². The first kappa shape index (κ1) is 12.4. The van der Waals surface area contributed by atoms with Crippen molar-refractivity contribution in [3.63, 3.8) is 0 Å². The summed E-state index contributed by atoms with van der Waals surface area (Å²) in [6.07, 6.45) is 7.48. The van der Waals surface area contributed by atoms with Crippen molar-refractivity contribution in [2.75, 3.05) is 5.33 Å². The fourth-order valence-electron chi connectivity index (χ4n) is 5.16. The molecule has 4 heteroatoms. The third-order valence-electron chi connectivity index (χ3n) is 5.30. The maximum absolute atomic E-state index is 6.07. The number of alkyl halides is 4. The molecule has 4 saturated carbocycles. The van der Waals surface area contributed by atoms with Gasteiger partial charge in [0.1, 0.15) is 0 Å². The summed E-state index contributed by atoms with van der Waals surface area (Å²) in [6, 6.07) is 0. The predicted molar refractivity (Wildman–Crippen MR) is 73.6 cm³/mol. The monoisotopic (exact) mass is 344 g/mol. The van der Waals surface area contributed by atoms with E-state index in [4.69, 9.17) is 34.8 Å². The van der Waals surface area contributed by atoms with Crippen molar-refractivity contribution in [2.45, 2.75) is 42.3 Å². The molecule has 4 rings (SSSR count). The molecular weight excluding hydrogens is 330 g/mol. The number of hydrogen-bond acceptors (Lipinski definition) is 0. The summed E-state index contributed by atoms with van der Waals surface area (Å²) >= 11 is 22.0. The largest absolute Gasteiger partial charge is 0.191 e. The molecule has 0 amide bonds. The zero-order chi connectivity index (χ0) is 11.6. The van der Waals surface area contributed by atoms with E-state index in [1.807, 2.05) is 0 Å². The molecule has 4 aliphatic carbocycles. The van der Waals surface area contributed by atoms with E-state index >= 15 is 0 Å². The second kappa shape index (κ2) is 3.68. The average Bonchev–Trinajstić information content (AvgIpc) is 2.43. The normalized spacial score (nSPS) is 50.2. The van der Waals surface area contributed by atoms with Crippen LogP contribution in [0.4, 0.5) is 0 Å². The van der Waals surface area contributed by atoms with Gasteiger partial charge < -0.3 is 0 Å². The highest BCUT2D eigenvalue weighted by Crippen LogP contribution is 2.75. The van der Waals surface area contributed by atoms with Crippen LogP contribution in [0.3, 0.4) is 0 Å². The molecule has 92 valence electrons. The minimum Gasteiger partial charge on any atom is -0.0922 e. The summed E-state index contributed by atoms with van der Waals surface area (Å²) in [5.74, 6) is 1.80. The lowest BCUT2D eigenvalue weighted by Crippen LogP contribution is -2.37. The van der Waals surface area contributed by atoms with Gasteiger partial charge in [0.05, 0.1) is 0 Å². The molecule has 0 radical (unpaired) electrons. The molecule has 4 aliphatic rings. The number of halogens is 4. The Kier molecular flexibility index (Phi) is 2.85. The molecule has 4 fully saturated rings. The standard InChI is InChI=1S/C12H16BrCl3/c13-7-11-4-8-1-9(5-11)3-10(11,2-8)6-12(14,15)16/h8-9H,1-7H2. The Bertz CT molecular complexity index is 296. The van der Waals surface area contributed by atoms with Gasteiger partial charge in [-0.25, -0.2) is 0 Å². The molecule has 0 aromatic carbocycles. The highest BCUT2D eigenvalue weighted by molar-refractivity contribution is 9.09. The van der Waals surface area contributed by atoms with Gasteiger partial charge in [-0.15, -0.1) is 0 Å². The van der Waals surface area contributed by atoms with Gasteiger partial charge in [0.25, 0.3) is 0 Å². The Morgan fingerprint density at radius 2 is 1.50 bits per heavy atom. The zero-order valence-electron chi connectivity index (χ0n) is 9.12. The Morgan fingerprint density at radius 3 is 1.94 bits per heavy atom. The molecule has 0 heterocycles. The lowest BCUT2D eigenvalue weighted by molar-refractivity contribution is 0.126. The predicted octanol–water partition coefficient (Wildman–Crippen LogP) is 5.34. The Morgan fingerprint density at radius 1 is 1.00 bits per heavy atom. The van der Waals surface area contributed by atoms with Crippen molar-refractivity contribution in [3.05, 3.63) is 0 Å². The lowest BCUT2D eigenvalue weighted by Gasteiger charge is -2.41. The van der Waals surface area contributed by atoms with Crippen molar-refractivity contribution < 1.29 is 0 Å². The van der Waals surface area contributed by atoms with Crippen molar-refractivity contribution in [1.29, 1.82) is 0 Å². The minimum atomic E-state index is -1.07. The molecule has 0 aromatic heterocycles. The Labute approximate surface area is 121 Å². The topological polar surface area (TPSA) is 0 Å². The Balaban J connectivity index is 1.94. The molecule has 0 spiro atoms. The van der Waals surface area contributed by atoms with Crippen LogP contribution in [-0.2, 0) is 0 Å². The fraction of sp³-hybridized carbons (Fsp3) is 1.00. The summed E-state index contributed by atoms with van der Waals surface area (Å²) in [6.45, 7) is 0. The molecule has 0 nitrogen and oxygen atoms in total. The van der Waals surface area contributed by atoms with Crippen molar-refractivity contribution >= 4 is 50.7 Å². The molecule has 2 unspecified atom stereocenters. The summed E-state index contributed by atoms with van der Waals surface area (Å²) in [7, 11) is 0. The van der Waals surface area contributed by atoms with Gasteiger partial charge in [-0.05, 0) is 54.8 Å². The lowest BCUT2D eigenvalue weighted by atomic mass is 9.67. The van der Waals surface area contributed by atoms with E-state index in [1.165, 1.54) is 32.1 Å². The highest BCUT2D eigenvalue weighted by atomic mass is 79.9. The van der Waals surface area contributed by atoms with Crippen LogP contribution in [0.5, 0.6) is 0 Å². The minimum absolute atomic E-state index is 0.315. The highest BCUT2D eigenvalue weighted by Gasteiger charge is 2.66. The van der Waals surface area contributed by atoms with E-state index in [2.05, 4.69) is 15.9 Å². The third-order valence-corrected chi connectivity index (χ3v) is 6.78.